The molecule has 6 heteroatoms. The second-order valence-electron chi connectivity index (χ2n) is 4.57. The molecule has 0 bridgehead atoms. The fourth-order valence-corrected chi connectivity index (χ4v) is 1.73. The second-order valence-corrected chi connectivity index (χ2v) is 4.57. The van der Waals surface area contributed by atoms with Gasteiger partial charge in [0.25, 0.3) is 11.8 Å². The van der Waals surface area contributed by atoms with Crippen molar-refractivity contribution >= 4 is 11.8 Å². The first-order valence-corrected chi connectivity index (χ1v) is 6.49. The molecule has 1 heterocycles. The summed E-state index contributed by atoms with van der Waals surface area (Å²) in [7, 11) is 0. The number of aromatic nitrogens is 1. The number of hydrazine groups is 1. The van der Waals surface area contributed by atoms with Gasteiger partial charge in [-0.15, -0.1) is 0 Å². The summed E-state index contributed by atoms with van der Waals surface area (Å²) in [5.74, 6) is -0.197. The third-order valence-electron chi connectivity index (χ3n) is 3.07. The second kappa shape index (κ2) is 6.60. The first-order chi connectivity index (χ1) is 10.1. The number of ether oxygens (including phenoxy) is 1. The van der Waals surface area contributed by atoms with Gasteiger partial charge in [-0.25, -0.2) is 0 Å². The lowest BCUT2D eigenvalue weighted by Gasteiger charge is -2.11. The van der Waals surface area contributed by atoms with Crippen LogP contribution in [0.2, 0.25) is 0 Å². The Morgan fingerprint density at radius 2 is 1.95 bits per heavy atom. The Morgan fingerprint density at radius 1 is 1.14 bits per heavy atom. The van der Waals surface area contributed by atoms with Gasteiger partial charge in [0.1, 0.15) is 11.4 Å². The molecule has 2 rings (SSSR count). The van der Waals surface area contributed by atoms with Gasteiger partial charge < -0.3 is 9.72 Å². The Kier molecular flexibility index (Phi) is 4.61. The minimum atomic E-state index is -0.434. The molecule has 0 spiro atoms. The molecule has 2 amide bonds. The summed E-state index contributed by atoms with van der Waals surface area (Å²) in [6.07, 6.45) is 1.63. The van der Waals surface area contributed by atoms with Gasteiger partial charge in [-0.05, 0) is 43.2 Å². The van der Waals surface area contributed by atoms with Crippen LogP contribution < -0.4 is 15.6 Å². The molecule has 6 nitrogen and oxygen atoms in total. The molecule has 0 saturated heterocycles. The Bertz CT molecular complexity index is 636. The van der Waals surface area contributed by atoms with Crippen molar-refractivity contribution in [1.82, 2.24) is 15.8 Å². The van der Waals surface area contributed by atoms with Gasteiger partial charge in [0, 0.05) is 6.20 Å². The van der Waals surface area contributed by atoms with Crippen LogP contribution in [0.3, 0.4) is 0 Å². The van der Waals surface area contributed by atoms with Crippen LogP contribution >= 0.6 is 0 Å². The third-order valence-corrected chi connectivity index (χ3v) is 3.07. The number of aromatic amines is 1. The summed E-state index contributed by atoms with van der Waals surface area (Å²) in [4.78, 5) is 25.9. The van der Waals surface area contributed by atoms with E-state index in [-0.39, 0.29) is 6.61 Å². The number of carbonyl (C=O) groups is 2. The van der Waals surface area contributed by atoms with Gasteiger partial charge in [-0.1, -0.05) is 12.1 Å². The van der Waals surface area contributed by atoms with Crippen LogP contribution in [0.15, 0.2) is 36.5 Å². The minimum Gasteiger partial charge on any atom is -0.483 e. The van der Waals surface area contributed by atoms with Crippen molar-refractivity contribution in [3.05, 3.63) is 53.3 Å². The van der Waals surface area contributed by atoms with Crippen molar-refractivity contribution in [2.24, 2.45) is 0 Å². The highest BCUT2D eigenvalue weighted by Gasteiger charge is 2.09. The topological polar surface area (TPSA) is 83.2 Å². The van der Waals surface area contributed by atoms with Crippen molar-refractivity contribution < 1.29 is 14.3 Å². The molecule has 3 N–H and O–H groups in total. The average molecular weight is 287 g/mol. The van der Waals surface area contributed by atoms with Gasteiger partial charge in [0.15, 0.2) is 6.61 Å². The SMILES string of the molecule is Cc1cccc(OCC(=O)NNC(=O)c2ccc[nH]2)c1C. The van der Waals surface area contributed by atoms with E-state index in [1.165, 1.54) is 0 Å². The zero-order valence-electron chi connectivity index (χ0n) is 11.9. The number of hydrogen-bond acceptors (Lipinski definition) is 3. The summed E-state index contributed by atoms with van der Waals surface area (Å²) >= 11 is 0. The molecule has 0 radical (unpaired) electrons. The highest BCUT2D eigenvalue weighted by molar-refractivity contribution is 5.93. The lowest BCUT2D eigenvalue weighted by molar-refractivity contribution is -0.123. The molecule has 0 atom stereocenters. The summed E-state index contributed by atoms with van der Waals surface area (Å²) in [6, 6.07) is 8.93. The standard InChI is InChI=1S/C15H17N3O3/c1-10-5-3-7-13(11(10)2)21-9-14(19)17-18-15(20)12-6-4-8-16-12/h3-8,16H,9H2,1-2H3,(H,17,19)(H,18,20). The van der Waals surface area contributed by atoms with Crippen LogP contribution in [0.4, 0.5) is 0 Å². The molecule has 0 fully saturated rings. The number of amides is 2. The maximum Gasteiger partial charge on any atom is 0.286 e. The smallest absolute Gasteiger partial charge is 0.286 e. The van der Waals surface area contributed by atoms with Crippen LogP contribution in [-0.4, -0.2) is 23.4 Å². The third kappa shape index (κ3) is 3.85. The predicted octanol–water partition coefficient (Wildman–Crippen LogP) is 1.47. The van der Waals surface area contributed by atoms with E-state index in [4.69, 9.17) is 4.74 Å². The normalized spacial score (nSPS) is 10.0. The van der Waals surface area contributed by atoms with E-state index >= 15 is 0 Å². The molecule has 0 saturated carbocycles. The van der Waals surface area contributed by atoms with Gasteiger partial charge in [0.05, 0.1) is 0 Å². The highest BCUT2D eigenvalue weighted by Crippen LogP contribution is 2.20. The van der Waals surface area contributed by atoms with E-state index in [0.717, 1.165) is 11.1 Å². The maximum atomic E-state index is 11.6. The molecule has 0 aliphatic carbocycles. The van der Waals surface area contributed by atoms with Crippen molar-refractivity contribution in [2.45, 2.75) is 13.8 Å². The lowest BCUT2D eigenvalue weighted by Crippen LogP contribution is -2.44. The fraction of sp³-hybridized carbons (Fsp3) is 0.200. The Labute approximate surface area is 122 Å². The molecule has 0 aliphatic heterocycles. The van der Waals surface area contributed by atoms with Crippen LogP contribution in [0, 0.1) is 13.8 Å². The zero-order valence-corrected chi connectivity index (χ0v) is 11.9. The van der Waals surface area contributed by atoms with Gasteiger partial charge in [-0.2, -0.15) is 0 Å². The number of rotatable bonds is 4. The molecule has 0 aliphatic rings. The molecule has 2 aromatic rings. The van der Waals surface area contributed by atoms with Crippen LogP contribution in [-0.2, 0) is 4.79 Å². The summed E-state index contributed by atoms with van der Waals surface area (Å²) < 4.78 is 5.43. The van der Waals surface area contributed by atoms with Gasteiger partial charge in [-0.3, -0.25) is 20.4 Å². The molecular formula is C15H17N3O3. The molecule has 1 aromatic heterocycles. The summed E-state index contributed by atoms with van der Waals surface area (Å²) in [5.41, 5.74) is 7.03. The average Bonchev–Trinajstić information content (AvgIpc) is 3.00. The number of benzene rings is 1. The molecule has 110 valence electrons. The Balaban J connectivity index is 1.80. The van der Waals surface area contributed by atoms with Crippen LogP contribution in [0.5, 0.6) is 5.75 Å². The lowest BCUT2D eigenvalue weighted by atomic mass is 10.1. The molecule has 1 aromatic carbocycles. The summed E-state index contributed by atoms with van der Waals surface area (Å²) in [6.45, 7) is 3.73. The fourth-order valence-electron chi connectivity index (χ4n) is 1.73. The Hall–Kier alpha value is -2.76. The zero-order chi connectivity index (χ0) is 15.2. The van der Waals surface area contributed by atoms with Gasteiger partial charge >= 0.3 is 0 Å². The number of aryl methyl sites for hydroxylation is 1. The van der Waals surface area contributed by atoms with Gasteiger partial charge in [0.2, 0.25) is 0 Å². The maximum absolute atomic E-state index is 11.6. The van der Waals surface area contributed by atoms with E-state index in [0.29, 0.717) is 11.4 Å². The number of hydrogen-bond donors (Lipinski definition) is 3. The molecular weight excluding hydrogens is 270 g/mol. The Morgan fingerprint density at radius 3 is 2.67 bits per heavy atom. The van der Waals surface area contributed by atoms with Crippen LogP contribution in [0.25, 0.3) is 0 Å². The van der Waals surface area contributed by atoms with Crippen molar-refractivity contribution in [1.29, 1.82) is 0 Å². The van der Waals surface area contributed by atoms with Crippen molar-refractivity contribution in [3.63, 3.8) is 0 Å². The van der Waals surface area contributed by atoms with E-state index in [1.54, 1.807) is 24.4 Å². The van der Waals surface area contributed by atoms with E-state index in [1.807, 2.05) is 26.0 Å². The predicted molar refractivity (Wildman–Crippen MR) is 77.8 cm³/mol. The summed E-state index contributed by atoms with van der Waals surface area (Å²) in [5, 5.41) is 0. The van der Waals surface area contributed by atoms with E-state index in [2.05, 4.69) is 15.8 Å². The minimum absolute atomic E-state index is 0.171. The number of H-pyrrole nitrogens is 1. The van der Waals surface area contributed by atoms with E-state index < -0.39 is 11.8 Å². The van der Waals surface area contributed by atoms with Crippen molar-refractivity contribution in [3.8, 4) is 5.75 Å². The first kappa shape index (κ1) is 14.6. The largest absolute Gasteiger partial charge is 0.483 e. The van der Waals surface area contributed by atoms with Crippen molar-refractivity contribution in [2.75, 3.05) is 6.61 Å². The number of nitrogens with one attached hydrogen (secondary N) is 3. The number of carbonyl (C=O) groups excluding carboxylic acids is 2. The highest BCUT2D eigenvalue weighted by atomic mass is 16.5. The molecule has 0 unspecified atom stereocenters. The van der Waals surface area contributed by atoms with E-state index in [9.17, 15) is 9.59 Å². The van der Waals surface area contributed by atoms with Crippen LogP contribution in [0.1, 0.15) is 21.6 Å². The quantitative estimate of drug-likeness (QED) is 0.745. The monoisotopic (exact) mass is 287 g/mol. The first-order valence-electron chi connectivity index (χ1n) is 6.49. The molecule has 21 heavy (non-hydrogen) atoms.